The van der Waals surface area contributed by atoms with E-state index in [4.69, 9.17) is 0 Å². The number of hydrogen-bond donors (Lipinski definition) is 1. The van der Waals surface area contributed by atoms with Crippen molar-refractivity contribution in [1.82, 2.24) is 25.5 Å². The Morgan fingerprint density at radius 1 is 1.36 bits per heavy atom. The van der Waals surface area contributed by atoms with E-state index in [0.717, 1.165) is 0 Å². The molecule has 1 N–H and O–H groups in total. The Hall–Kier alpha value is -2.58. The molecule has 118 valence electrons. The molecule has 0 aliphatic carbocycles. The van der Waals surface area contributed by atoms with Crippen LogP contribution in [0.5, 0.6) is 5.75 Å². The van der Waals surface area contributed by atoms with Crippen LogP contribution in [-0.2, 0) is 0 Å². The molecule has 0 aliphatic rings. The van der Waals surface area contributed by atoms with Crippen LogP contribution in [0.1, 0.15) is 29.0 Å². The van der Waals surface area contributed by atoms with Crippen LogP contribution in [0.2, 0.25) is 0 Å². The molecule has 0 saturated carbocycles. The maximum Gasteiger partial charge on any atom is 0.387 e. The van der Waals surface area contributed by atoms with Crippen molar-refractivity contribution in [2.75, 3.05) is 13.6 Å². The SMILES string of the molecule is C[C@H](CN(C)C(=O)c1ccc(OC(F)F)cc1)c1nn[nH]n1. The lowest BCUT2D eigenvalue weighted by molar-refractivity contribution is -0.0498. The molecule has 0 unspecified atom stereocenters. The quantitative estimate of drug-likeness (QED) is 0.877. The lowest BCUT2D eigenvalue weighted by atomic mass is 10.1. The third-order valence-corrected chi connectivity index (χ3v) is 3.02. The van der Waals surface area contributed by atoms with Gasteiger partial charge in [-0.15, -0.1) is 10.2 Å². The van der Waals surface area contributed by atoms with Crippen LogP contribution in [0.3, 0.4) is 0 Å². The number of benzene rings is 1. The first-order valence-corrected chi connectivity index (χ1v) is 6.51. The number of H-pyrrole nitrogens is 1. The summed E-state index contributed by atoms with van der Waals surface area (Å²) in [4.78, 5) is 13.8. The summed E-state index contributed by atoms with van der Waals surface area (Å²) in [6.07, 6.45) is 0. The first kappa shape index (κ1) is 15.8. The number of halogens is 2. The largest absolute Gasteiger partial charge is 0.435 e. The number of aromatic nitrogens is 4. The maximum atomic E-state index is 12.3. The highest BCUT2D eigenvalue weighted by Crippen LogP contribution is 2.17. The Kier molecular flexibility index (Phi) is 4.97. The van der Waals surface area contributed by atoms with E-state index in [1.54, 1.807) is 7.05 Å². The summed E-state index contributed by atoms with van der Waals surface area (Å²) in [5.74, 6) is 0.197. The summed E-state index contributed by atoms with van der Waals surface area (Å²) in [6.45, 7) is -0.623. The van der Waals surface area contributed by atoms with Gasteiger partial charge in [-0.05, 0) is 24.3 Å². The van der Waals surface area contributed by atoms with Crippen molar-refractivity contribution >= 4 is 5.91 Å². The maximum absolute atomic E-state index is 12.3. The third-order valence-electron chi connectivity index (χ3n) is 3.02. The number of carbonyl (C=O) groups is 1. The van der Waals surface area contributed by atoms with E-state index in [1.807, 2.05) is 6.92 Å². The molecular formula is C13H15F2N5O2. The average Bonchev–Trinajstić information content (AvgIpc) is 3.01. The fourth-order valence-corrected chi connectivity index (χ4v) is 1.95. The molecule has 1 atom stereocenters. The number of hydrogen-bond acceptors (Lipinski definition) is 5. The van der Waals surface area contributed by atoms with Gasteiger partial charge in [0, 0.05) is 25.1 Å². The molecule has 0 spiro atoms. The zero-order valence-corrected chi connectivity index (χ0v) is 12.0. The Balaban J connectivity index is 1.98. The molecule has 0 bridgehead atoms. The molecule has 22 heavy (non-hydrogen) atoms. The van der Waals surface area contributed by atoms with E-state index in [1.165, 1.54) is 29.2 Å². The molecule has 2 aromatic rings. The zero-order chi connectivity index (χ0) is 16.1. The molecule has 1 aromatic heterocycles. The molecule has 1 amide bonds. The predicted octanol–water partition coefficient (Wildman–Crippen LogP) is 1.68. The Morgan fingerprint density at radius 3 is 2.59 bits per heavy atom. The number of alkyl halides is 2. The second-order valence-corrected chi connectivity index (χ2v) is 4.76. The van der Waals surface area contributed by atoms with Gasteiger partial charge in [0.1, 0.15) is 5.75 Å². The first-order valence-electron chi connectivity index (χ1n) is 6.51. The highest BCUT2D eigenvalue weighted by molar-refractivity contribution is 5.94. The van der Waals surface area contributed by atoms with Gasteiger partial charge in [-0.1, -0.05) is 12.1 Å². The Bertz CT molecular complexity index is 603. The second-order valence-electron chi connectivity index (χ2n) is 4.76. The normalized spacial score (nSPS) is 12.2. The van der Waals surface area contributed by atoms with Gasteiger partial charge in [0.2, 0.25) is 0 Å². The fourth-order valence-electron chi connectivity index (χ4n) is 1.95. The third kappa shape index (κ3) is 3.96. The summed E-state index contributed by atoms with van der Waals surface area (Å²) in [6, 6.07) is 5.54. The second kappa shape index (κ2) is 6.92. The summed E-state index contributed by atoms with van der Waals surface area (Å²) >= 11 is 0. The van der Waals surface area contributed by atoms with Crippen LogP contribution in [0.4, 0.5) is 8.78 Å². The van der Waals surface area contributed by atoms with Gasteiger partial charge in [0.25, 0.3) is 5.91 Å². The minimum atomic E-state index is -2.89. The van der Waals surface area contributed by atoms with E-state index >= 15 is 0 Å². The monoisotopic (exact) mass is 311 g/mol. The van der Waals surface area contributed by atoms with Crippen LogP contribution in [-0.4, -0.2) is 51.6 Å². The van der Waals surface area contributed by atoms with Crippen molar-refractivity contribution in [1.29, 1.82) is 0 Å². The zero-order valence-electron chi connectivity index (χ0n) is 12.0. The highest BCUT2D eigenvalue weighted by atomic mass is 19.3. The van der Waals surface area contributed by atoms with Crippen molar-refractivity contribution in [3.63, 3.8) is 0 Å². The van der Waals surface area contributed by atoms with Crippen molar-refractivity contribution < 1.29 is 18.3 Å². The Labute approximate surface area is 125 Å². The van der Waals surface area contributed by atoms with Gasteiger partial charge < -0.3 is 9.64 Å². The molecule has 7 nitrogen and oxygen atoms in total. The van der Waals surface area contributed by atoms with Gasteiger partial charge in [0.15, 0.2) is 5.82 Å². The van der Waals surface area contributed by atoms with Gasteiger partial charge in [-0.25, -0.2) is 0 Å². The number of aromatic amines is 1. The molecule has 0 radical (unpaired) electrons. The molecular weight excluding hydrogens is 296 g/mol. The number of tetrazole rings is 1. The van der Waals surface area contributed by atoms with Gasteiger partial charge in [-0.3, -0.25) is 4.79 Å². The number of amides is 1. The molecule has 2 rings (SSSR count). The van der Waals surface area contributed by atoms with Gasteiger partial charge in [-0.2, -0.15) is 14.0 Å². The van der Waals surface area contributed by atoms with Crippen LogP contribution in [0, 0.1) is 0 Å². The van der Waals surface area contributed by atoms with Crippen molar-refractivity contribution in [2.24, 2.45) is 0 Å². The predicted molar refractivity (Wildman–Crippen MR) is 72.6 cm³/mol. The van der Waals surface area contributed by atoms with Crippen LogP contribution < -0.4 is 4.74 Å². The highest BCUT2D eigenvalue weighted by Gasteiger charge is 2.18. The average molecular weight is 311 g/mol. The van der Waals surface area contributed by atoms with Crippen molar-refractivity contribution in [2.45, 2.75) is 19.5 Å². The number of nitrogens with zero attached hydrogens (tertiary/aromatic N) is 4. The van der Waals surface area contributed by atoms with E-state index in [9.17, 15) is 13.6 Å². The summed E-state index contributed by atoms with van der Waals surface area (Å²) < 4.78 is 28.4. The molecule has 1 aromatic carbocycles. The lowest BCUT2D eigenvalue weighted by Crippen LogP contribution is -2.30. The number of nitrogens with one attached hydrogen (secondary N) is 1. The number of ether oxygens (including phenoxy) is 1. The topological polar surface area (TPSA) is 84.0 Å². The standard InChI is InChI=1S/C13H15F2N5O2/c1-8(11-16-18-19-17-11)7-20(2)12(21)9-3-5-10(6-4-9)22-13(14)15/h3-6,8,13H,7H2,1-2H3,(H,16,17,18,19)/t8-/m1/s1. The summed E-state index contributed by atoms with van der Waals surface area (Å²) in [7, 11) is 1.64. The van der Waals surface area contributed by atoms with Gasteiger partial charge in [0.05, 0.1) is 0 Å². The van der Waals surface area contributed by atoms with Crippen molar-refractivity contribution in [3.8, 4) is 5.75 Å². The number of carbonyl (C=O) groups excluding carboxylic acids is 1. The molecule has 0 fully saturated rings. The van der Waals surface area contributed by atoms with Crippen LogP contribution >= 0.6 is 0 Å². The molecule has 1 heterocycles. The summed E-state index contributed by atoms with van der Waals surface area (Å²) in [5.41, 5.74) is 0.379. The fraction of sp³-hybridized carbons (Fsp3) is 0.385. The number of rotatable bonds is 6. The minimum Gasteiger partial charge on any atom is -0.435 e. The smallest absolute Gasteiger partial charge is 0.387 e. The van der Waals surface area contributed by atoms with Crippen LogP contribution in [0.15, 0.2) is 24.3 Å². The van der Waals surface area contributed by atoms with E-state index in [0.29, 0.717) is 17.9 Å². The van der Waals surface area contributed by atoms with Crippen molar-refractivity contribution in [3.05, 3.63) is 35.7 Å². The molecule has 9 heteroatoms. The summed E-state index contributed by atoms with van der Waals surface area (Å²) in [5, 5.41) is 13.6. The van der Waals surface area contributed by atoms with E-state index < -0.39 is 6.61 Å². The van der Waals surface area contributed by atoms with E-state index in [2.05, 4.69) is 25.4 Å². The van der Waals surface area contributed by atoms with E-state index in [-0.39, 0.29) is 17.6 Å². The first-order chi connectivity index (χ1) is 10.5. The van der Waals surface area contributed by atoms with Gasteiger partial charge >= 0.3 is 6.61 Å². The number of likely N-dealkylation sites (N-methyl/N-ethyl adjacent to an activating group) is 1. The minimum absolute atomic E-state index is 0.00867. The Morgan fingerprint density at radius 2 is 2.05 bits per heavy atom. The molecule has 0 saturated heterocycles. The molecule has 0 aliphatic heterocycles. The van der Waals surface area contributed by atoms with Crippen LogP contribution in [0.25, 0.3) is 0 Å². The lowest BCUT2D eigenvalue weighted by Gasteiger charge is -2.20.